The van der Waals surface area contributed by atoms with Gasteiger partial charge in [-0.1, -0.05) is 30.3 Å². The summed E-state index contributed by atoms with van der Waals surface area (Å²) in [6.07, 6.45) is 5.09. The number of hydrogen-bond donors (Lipinski definition) is 1. The Morgan fingerprint density at radius 2 is 1.94 bits per heavy atom. The predicted molar refractivity (Wildman–Crippen MR) is 134 cm³/mol. The van der Waals surface area contributed by atoms with Crippen LogP contribution in [0.25, 0.3) is 10.2 Å². The number of ether oxygens (including phenoxy) is 1. The second-order valence-electron chi connectivity index (χ2n) is 9.95. The van der Waals surface area contributed by atoms with Gasteiger partial charge in [-0.2, -0.15) is 0 Å². The third kappa shape index (κ3) is 4.36. The summed E-state index contributed by atoms with van der Waals surface area (Å²) in [5, 5.41) is 3.56. The molecule has 8 heteroatoms. The molecule has 0 saturated carbocycles. The number of nitrogens with one attached hydrogen (secondary N) is 1. The zero-order valence-electron chi connectivity index (χ0n) is 19.8. The van der Waals surface area contributed by atoms with E-state index < -0.39 is 11.3 Å². The highest BCUT2D eigenvalue weighted by atomic mass is 32.1. The molecule has 1 aliphatic carbocycles. The Morgan fingerprint density at radius 3 is 2.71 bits per heavy atom. The number of aryl methyl sites for hydroxylation is 2. The van der Waals surface area contributed by atoms with Crippen molar-refractivity contribution in [1.82, 2.24) is 14.5 Å². The number of carbonyl (C=O) groups is 1. The fourth-order valence-electron chi connectivity index (χ4n) is 5.26. The van der Waals surface area contributed by atoms with E-state index in [4.69, 9.17) is 4.74 Å². The van der Waals surface area contributed by atoms with Crippen molar-refractivity contribution in [2.75, 3.05) is 6.61 Å². The molecule has 0 unspecified atom stereocenters. The highest BCUT2D eigenvalue weighted by molar-refractivity contribution is 7.18. The molecule has 0 bridgehead atoms. The van der Waals surface area contributed by atoms with E-state index in [0.717, 1.165) is 36.8 Å². The van der Waals surface area contributed by atoms with Crippen molar-refractivity contribution in [1.29, 1.82) is 0 Å². The number of fused-ring (bicyclic) bond motifs is 3. The van der Waals surface area contributed by atoms with Gasteiger partial charge in [-0.15, -0.1) is 11.3 Å². The van der Waals surface area contributed by atoms with Gasteiger partial charge in [-0.05, 0) is 63.5 Å². The van der Waals surface area contributed by atoms with Crippen molar-refractivity contribution in [3.05, 3.63) is 67.2 Å². The number of nitrogens with zero attached hydrogens (tertiary/aromatic N) is 2. The molecule has 1 aromatic carbocycles. The van der Waals surface area contributed by atoms with Gasteiger partial charge in [0.15, 0.2) is 0 Å². The molecule has 2 aliphatic rings. The highest BCUT2D eigenvalue weighted by Gasteiger charge is 2.33. The van der Waals surface area contributed by atoms with Crippen molar-refractivity contribution < 1.29 is 9.53 Å². The predicted octanol–water partition coefficient (Wildman–Crippen LogP) is 3.55. The number of carbonyl (C=O) groups excluding carboxylic acids is 1. The monoisotopic (exact) mass is 481 g/mol. The van der Waals surface area contributed by atoms with Crippen LogP contribution in [0, 0.1) is 0 Å². The number of rotatable bonds is 5. The molecule has 1 N–H and O–H groups in total. The average molecular weight is 482 g/mol. The fourth-order valence-corrected chi connectivity index (χ4v) is 6.64. The number of hydrogen-bond acceptors (Lipinski definition) is 5. The second-order valence-corrected chi connectivity index (χ2v) is 11.0. The largest absolute Gasteiger partial charge is 0.375 e. The van der Waals surface area contributed by atoms with Gasteiger partial charge in [0, 0.05) is 24.1 Å². The van der Waals surface area contributed by atoms with Crippen LogP contribution in [0.5, 0.6) is 0 Å². The van der Waals surface area contributed by atoms with Crippen LogP contribution in [0.2, 0.25) is 0 Å². The molecule has 3 heterocycles. The first-order valence-corrected chi connectivity index (χ1v) is 12.9. The summed E-state index contributed by atoms with van der Waals surface area (Å²) in [6.45, 7) is 4.77. The summed E-state index contributed by atoms with van der Waals surface area (Å²) >= 11 is 1.51. The van der Waals surface area contributed by atoms with Crippen LogP contribution >= 0.6 is 11.3 Å². The fraction of sp³-hybridized carbons (Fsp3) is 0.500. The first kappa shape index (κ1) is 23.1. The van der Waals surface area contributed by atoms with Crippen molar-refractivity contribution >= 4 is 27.5 Å². The van der Waals surface area contributed by atoms with Gasteiger partial charge in [0.25, 0.3) is 5.56 Å². The Bertz CT molecular complexity index is 1340. The number of thiophene rings is 1. The first-order chi connectivity index (χ1) is 16.3. The minimum Gasteiger partial charge on any atom is -0.375 e. The van der Waals surface area contributed by atoms with E-state index in [1.807, 2.05) is 44.2 Å². The lowest BCUT2D eigenvalue weighted by atomic mass is 9.93. The van der Waals surface area contributed by atoms with Gasteiger partial charge in [0.1, 0.15) is 11.4 Å². The zero-order valence-corrected chi connectivity index (χ0v) is 20.6. The van der Waals surface area contributed by atoms with E-state index in [-0.39, 0.29) is 24.1 Å². The molecule has 1 atom stereocenters. The summed E-state index contributed by atoms with van der Waals surface area (Å²) in [4.78, 5) is 42.3. The maximum atomic E-state index is 13.8. The van der Waals surface area contributed by atoms with Crippen molar-refractivity contribution in [3.63, 3.8) is 0 Å². The van der Waals surface area contributed by atoms with E-state index in [1.54, 1.807) is 0 Å². The van der Waals surface area contributed by atoms with Crippen LogP contribution in [-0.4, -0.2) is 27.2 Å². The minimum atomic E-state index is -0.407. The Hall–Kier alpha value is -2.71. The maximum Gasteiger partial charge on any atom is 0.332 e. The lowest BCUT2D eigenvalue weighted by Crippen LogP contribution is -2.47. The van der Waals surface area contributed by atoms with Gasteiger partial charge in [-0.3, -0.25) is 18.7 Å². The molecule has 1 saturated heterocycles. The summed E-state index contributed by atoms with van der Waals surface area (Å²) < 4.78 is 8.79. The van der Waals surface area contributed by atoms with Crippen LogP contribution in [0.4, 0.5) is 0 Å². The Morgan fingerprint density at radius 1 is 1.18 bits per heavy atom. The summed E-state index contributed by atoms with van der Waals surface area (Å²) in [5.41, 5.74) is 1.07. The molecule has 7 nitrogen and oxygen atoms in total. The van der Waals surface area contributed by atoms with Gasteiger partial charge in [-0.25, -0.2) is 4.79 Å². The lowest BCUT2D eigenvalue weighted by molar-refractivity contribution is -0.121. The molecule has 34 heavy (non-hydrogen) atoms. The summed E-state index contributed by atoms with van der Waals surface area (Å²) in [7, 11) is 0. The average Bonchev–Trinajstić information content (AvgIpc) is 3.20. The standard InChI is InChI=1S/C26H31N3O4S/c1-26(2)14-18(12-13-33-26)29-23(31)22-19-10-6-7-11-20(19)34-24(22)28(25(29)32)16-21(30)27-15-17-8-4-3-5-9-17/h3-5,8-9,18H,6-7,10-16H2,1-2H3,(H,27,30)/t18-/m1/s1. The van der Waals surface area contributed by atoms with Crippen molar-refractivity contribution in [2.24, 2.45) is 0 Å². The first-order valence-electron chi connectivity index (χ1n) is 12.1. The quantitative estimate of drug-likeness (QED) is 0.604. The number of aromatic nitrogens is 2. The molecule has 1 fully saturated rings. The smallest absolute Gasteiger partial charge is 0.332 e. The third-order valence-corrected chi connectivity index (χ3v) is 8.25. The van der Waals surface area contributed by atoms with Crippen LogP contribution in [0.15, 0.2) is 39.9 Å². The number of amides is 1. The van der Waals surface area contributed by atoms with Gasteiger partial charge < -0.3 is 10.1 Å². The van der Waals surface area contributed by atoms with Gasteiger partial charge >= 0.3 is 5.69 Å². The Labute approximate surface area is 202 Å². The maximum absolute atomic E-state index is 13.8. The van der Waals surface area contributed by atoms with Crippen LogP contribution in [-0.2, 0) is 35.5 Å². The molecule has 0 radical (unpaired) electrons. The topological polar surface area (TPSA) is 82.3 Å². The summed E-state index contributed by atoms with van der Waals surface area (Å²) in [6, 6.07) is 9.44. The molecule has 1 amide bonds. The second kappa shape index (κ2) is 9.15. The van der Waals surface area contributed by atoms with E-state index in [2.05, 4.69) is 5.32 Å². The molecular weight excluding hydrogens is 450 g/mol. The van der Waals surface area contributed by atoms with E-state index in [0.29, 0.717) is 36.2 Å². The molecule has 3 aromatic rings. The van der Waals surface area contributed by atoms with E-state index >= 15 is 0 Å². The van der Waals surface area contributed by atoms with E-state index in [9.17, 15) is 14.4 Å². The minimum absolute atomic E-state index is 0.103. The van der Waals surface area contributed by atoms with Crippen LogP contribution < -0.4 is 16.6 Å². The van der Waals surface area contributed by atoms with Gasteiger partial charge in [0.05, 0.1) is 11.0 Å². The van der Waals surface area contributed by atoms with Crippen molar-refractivity contribution in [2.45, 2.75) is 77.1 Å². The lowest BCUT2D eigenvalue weighted by Gasteiger charge is -2.36. The third-order valence-electron chi connectivity index (χ3n) is 6.94. The Kier molecular flexibility index (Phi) is 6.20. The van der Waals surface area contributed by atoms with Crippen LogP contribution in [0.3, 0.4) is 0 Å². The Balaban J connectivity index is 1.57. The number of benzene rings is 1. The molecule has 1 aliphatic heterocycles. The molecule has 180 valence electrons. The molecular formula is C26H31N3O4S. The van der Waals surface area contributed by atoms with Crippen LogP contribution in [0.1, 0.15) is 61.6 Å². The van der Waals surface area contributed by atoms with E-state index in [1.165, 1.54) is 25.3 Å². The SMILES string of the molecule is CC1(C)C[C@H](n2c(=O)c3c4c(sc3n(CC(=O)NCc3ccccc3)c2=O)CCCC4)CCO1. The molecule has 0 spiro atoms. The molecule has 5 rings (SSSR count). The molecule has 2 aromatic heterocycles. The highest BCUT2D eigenvalue weighted by Crippen LogP contribution is 2.35. The summed E-state index contributed by atoms with van der Waals surface area (Å²) in [5.74, 6) is -0.240. The van der Waals surface area contributed by atoms with Gasteiger partial charge in [0.2, 0.25) is 5.91 Å². The normalized spacial score (nSPS) is 19.6. The van der Waals surface area contributed by atoms with Crippen molar-refractivity contribution in [3.8, 4) is 0 Å². The zero-order chi connectivity index (χ0) is 23.9.